The first-order chi connectivity index (χ1) is 14.3. The van der Waals surface area contributed by atoms with Crippen molar-refractivity contribution in [2.45, 2.75) is 13.3 Å². The van der Waals surface area contributed by atoms with Gasteiger partial charge in [0.25, 0.3) is 5.91 Å². The monoisotopic (exact) mass is 477 g/mol. The fourth-order valence-corrected chi connectivity index (χ4v) is 3.20. The lowest BCUT2D eigenvalue weighted by molar-refractivity contribution is -0.124. The first-order valence-corrected chi connectivity index (χ1v) is 9.93. The Hall–Kier alpha value is -3.12. The smallest absolute Gasteiger partial charge is 0.257 e. The van der Waals surface area contributed by atoms with Crippen LogP contribution >= 0.6 is 15.9 Å². The van der Waals surface area contributed by atoms with E-state index in [-0.39, 0.29) is 25.4 Å². The summed E-state index contributed by atoms with van der Waals surface area (Å²) in [4.78, 5) is 23.9. The lowest BCUT2D eigenvalue weighted by Gasteiger charge is -2.16. The second kappa shape index (κ2) is 11.2. The summed E-state index contributed by atoms with van der Waals surface area (Å²) in [7, 11) is 0. The molecule has 1 unspecified atom stereocenters. The van der Waals surface area contributed by atoms with Crippen LogP contribution in [0.2, 0.25) is 0 Å². The molecule has 0 heterocycles. The number of primary amides is 1. The van der Waals surface area contributed by atoms with E-state index in [0.717, 1.165) is 5.56 Å². The Morgan fingerprint density at radius 1 is 1.27 bits per heavy atom. The zero-order valence-corrected chi connectivity index (χ0v) is 17.9. The van der Waals surface area contributed by atoms with Gasteiger partial charge < -0.3 is 20.5 Å². The van der Waals surface area contributed by atoms with Crippen LogP contribution in [0.25, 0.3) is 0 Å². The number of rotatable bonds is 10. The van der Waals surface area contributed by atoms with Crippen molar-refractivity contribution in [2.75, 3.05) is 19.8 Å². The van der Waals surface area contributed by atoms with Gasteiger partial charge in [0.1, 0.15) is 5.82 Å². The molecular weight excluding hydrogens is 457 g/mol. The van der Waals surface area contributed by atoms with Gasteiger partial charge in [0, 0.05) is 12.6 Å². The Morgan fingerprint density at radius 2 is 1.97 bits per heavy atom. The van der Waals surface area contributed by atoms with Gasteiger partial charge in [-0.25, -0.2) is 4.39 Å². The summed E-state index contributed by atoms with van der Waals surface area (Å²) >= 11 is 3.31. The van der Waals surface area contributed by atoms with E-state index in [2.05, 4.69) is 21.2 Å². The number of carbonyl (C=O) groups excluding carboxylic acids is 2. The summed E-state index contributed by atoms with van der Waals surface area (Å²) in [5.74, 6) is -1.43. The zero-order valence-electron chi connectivity index (χ0n) is 16.3. The minimum atomic E-state index is -0.653. The fraction of sp³-hybridized carbons (Fsp3) is 0.286. The molecule has 7 nitrogen and oxygen atoms in total. The molecule has 0 saturated carbocycles. The number of hydrogen-bond donors (Lipinski definition) is 2. The molecule has 2 aromatic rings. The van der Waals surface area contributed by atoms with E-state index in [4.69, 9.17) is 20.5 Å². The molecule has 9 heteroatoms. The first kappa shape index (κ1) is 23.2. The van der Waals surface area contributed by atoms with Crippen LogP contribution in [-0.4, -0.2) is 31.6 Å². The van der Waals surface area contributed by atoms with Crippen molar-refractivity contribution in [3.63, 3.8) is 0 Å². The van der Waals surface area contributed by atoms with Crippen LogP contribution in [0.5, 0.6) is 11.5 Å². The van der Waals surface area contributed by atoms with Crippen LogP contribution in [0.3, 0.4) is 0 Å². The summed E-state index contributed by atoms with van der Waals surface area (Å²) in [5.41, 5.74) is 6.53. The van der Waals surface area contributed by atoms with Crippen LogP contribution in [-0.2, 0) is 16.0 Å². The van der Waals surface area contributed by atoms with Gasteiger partial charge in [-0.05, 0) is 53.0 Å². The van der Waals surface area contributed by atoms with E-state index >= 15 is 0 Å². The van der Waals surface area contributed by atoms with Crippen molar-refractivity contribution in [3.05, 3.63) is 57.8 Å². The van der Waals surface area contributed by atoms with Crippen molar-refractivity contribution in [3.8, 4) is 17.6 Å². The molecular formula is C21H21BrFN3O4. The van der Waals surface area contributed by atoms with E-state index in [1.165, 1.54) is 18.2 Å². The van der Waals surface area contributed by atoms with Crippen LogP contribution in [0, 0.1) is 23.1 Å². The maximum absolute atomic E-state index is 13.0. The van der Waals surface area contributed by atoms with Crippen molar-refractivity contribution in [1.82, 2.24) is 5.32 Å². The summed E-state index contributed by atoms with van der Waals surface area (Å²) in [6.07, 6.45) is 0.270. The Morgan fingerprint density at radius 3 is 2.57 bits per heavy atom. The lowest BCUT2D eigenvalue weighted by Crippen LogP contribution is -2.39. The molecule has 3 N–H and O–H groups in total. The normalized spacial score (nSPS) is 11.3. The third kappa shape index (κ3) is 6.74. The Balaban J connectivity index is 1.96. The van der Waals surface area contributed by atoms with E-state index in [1.54, 1.807) is 25.1 Å². The van der Waals surface area contributed by atoms with Gasteiger partial charge >= 0.3 is 0 Å². The molecule has 1 atom stereocenters. The van der Waals surface area contributed by atoms with Gasteiger partial charge in [0.2, 0.25) is 5.91 Å². The number of ether oxygens (including phenoxy) is 2. The van der Waals surface area contributed by atoms with Crippen molar-refractivity contribution >= 4 is 27.7 Å². The van der Waals surface area contributed by atoms with Gasteiger partial charge in [0.05, 0.1) is 28.6 Å². The summed E-state index contributed by atoms with van der Waals surface area (Å²) in [6, 6.07) is 10.8. The third-order valence-electron chi connectivity index (χ3n) is 4.13. The number of carbonyl (C=O) groups is 2. The van der Waals surface area contributed by atoms with Gasteiger partial charge in [-0.15, -0.1) is 0 Å². The van der Waals surface area contributed by atoms with E-state index in [1.807, 2.05) is 6.07 Å². The largest absolute Gasteiger partial charge is 0.490 e. The van der Waals surface area contributed by atoms with Gasteiger partial charge in [0.15, 0.2) is 18.1 Å². The van der Waals surface area contributed by atoms with Gasteiger partial charge in [-0.1, -0.05) is 12.1 Å². The molecule has 0 aliphatic rings. The van der Waals surface area contributed by atoms with E-state index in [0.29, 0.717) is 28.1 Å². The third-order valence-corrected chi connectivity index (χ3v) is 4.72. The highest BCUT2D eigenvalue weighted by Gasteiger charge is 2.18. The predicted molar refractivity (Wildman–Crippen MR) is 111 cm³/mol. The molecule has 0 saturated heterocycles. The molecule has 2 amide bonds. The topological polar surface area (TPSA) is 114 Å². The summed E-state index contributed by atoms with van der Waals surface area (Å²) in [6.45, 7) is 1.83. The minimum Gasteiger partial charge on any atom is -0.490 e. The van der Waals surface area contributed by atoms with Gasteiger partial charge in [-0.3, -0.25) is 9.59 Å². The molecule has 0 aliphatic carbocycles. The number of nitriles is 1. The highest BCUT2D eigenvalue weighted by molar-refractivity contribution is 9.10. The standard InChI is InChI=1S/C21H21BrFN3O4/c1-2-29-18-9-14(10-24)8-17(22)20(18)30-12-19(27)26-11-15(21(25)28)7-13-3-5-16(23)6-4-13/h3-6,8-9,15H,2,7,11-12H2,1H3,(H2,25,28)(H,26,27). The summed E-state index contributed by atoms with van der Waals surface area (Å²) < 4.78 is 24.5. The second-order valence-electron chi connectivity index (χ2n) is 6.35. The van der Waals surface area contributed by atoms with Crippen LogP contribution < -0.4 is 20.5 Å². The number of benzene rings is 2. The average Bonchev–Trinajstić information content (AvgIpc) is 2.71. The number of halogens is 2. The van der Waals surface area contributed by atoms with E-state index in [9.17, 15) is 14.0 Å². The maximum atomic E-state index is 13.0. The molecule has 2 aromatic carbocycles. The highest BCUT2D eigenvalue weighted by Crippen LogP contribution is 2.36. The number of nitrogens with zero attached hydrogens (tertiary/aromatic N) is 1. The Kier molecular flexibility index (Phi) is 8.62. The van der Waals surface area contributed by atoms with E-state index < -0.39 is 17.7 Å². The molecule has 0 bridgehead atoms. The number of amides is 2. The number of hydrogen-bond acceptors (Lipinski definition) is 5. The Bertz CT molecular complexity index is 945. The van der Waals surface area contributed by atoms with Crippen LogP contribution in [0.15, 0.2) is 40.9 Å². The molecule has 158 valence electrons. The second-order valence-corrected chi connectivity index (χ2v) is 7.21. The quantitative estimate of drug-likeness (QED) is 0.545. The fourth-order valence-electron chi connectivity index (χ4n) is 2.64. The first-order valence-electron chi connectivity index (χ1n) is 9.13. The zero-order chi connectivity index (χ0) is 22.1. The predicted octanol–water partition coefficient (Wildman–Crippen LogP) is 2.70. The molecule has 0 radical (unpaired) electrons. The number of nitrogens with two attached hydrogens (primary N) is 1. The molecule has 30 heavy (non-hydrogen) atoms. The number of nitrogens with one attached hydrogen (secondary N) is 1. The highest BCUT2D eigenvalue weighted by atomic mass is 79.9. The van der Waals surface area contributed by atoms with Crippen molar-refractivity contribution in [1.29, 1.82) is 5.26 Å². The Labute approximate surface area is 182 Å². The molecule has 0 spiro atoms. The molecule has 0 aromatic heterocycles. The molecule has 0 fully saturated rings. The van der Waals surface area contributed by atoms with Crippen LogP contribution in [0.4, 0.5) is 4.39 Å². The maximum Gasteiger partial charge on any atom is 0.257 e. The minimum absolute atomic E-state index is 0.0156. The van der Waals surface area contributed by atoms with Crippen molar-refractivity contribution in [2.24, 2.45) is 11.7 Å². The average molecular weight is 478 g/mol. The molecule has 2 rings (SSSR count). The van der Waals surface area contributed by atoms with Crippen LogP contribution in [0.1, 0.15) is 18.1 Å². The SMILES string of the molecule is CCOc1cc(C#N)cc(Br)c1OCC(=O)NCC(Cc1ccc(F)cc1)C(N)=O. The lowest BCUT2D eigenvalue weighted by atomic mass is 9.98. The van der Waals surface area contributed by atoms with Gasteiger partial charge in [-0.2, -0.15) is 5.26 Å². The van der Waals surface area contributed by atoms with Crippen molar-refractivity contribution < 1.29 is 23.5 Å². The molecule has 0 aliphatic heterocycles. The summed E-state index contributed by atoms with van der Waals surface area (Å²) in [5, 5.41) is 11.7.